The molecule has 1 heterocycles. The third-order valence-corrected chi connectivity index (χ3v) is 16.1. The lowest BCUT2D eigenvalue weighted by atomic mass is 9.89. The molecule has 0 aromatic rings. The molecule has 1 aliphatic heterocycles. The average Bonchev–Trinajstić information content (AvgIpc) is 3.00. The maximum absolute atomic E-state index is 11.9. The summed E-state index contributed by atoms with van der Waals surface area (Å²) in [6.07, 6.45) is -0.841. The highest BCUT2D eigenvalue weighted by atomic mass is 28.4. The SMILES string of the molecule is CC[Si](CC)(CC)O[C@H]([C@H](C)C=O)[C@H](O[Si](C)(C)C(C)(C)C)[C@]1(C)COC(=O)O1. The third-order valence-electron chi connectivity index (χ3n) is 6.97. The lowest BCUT2D eigenvalue weighted by Gasteiger charge is -2.47. The van der Waals surface area contributed by atoms with Crippen molar-refractivity contribution in [3.63, 3.8) is 0 Å². The van der Waals surface area contributed by atoms with E-state index in [1.165, 1.54) is 0 Å². The van der Waals surface area contributed by atoms with Crippen LogP contribution in [0.25, 0.3) is 0 Å². The number of ether oxygens (including phenoxy) is 2. The summed E-state index contributed by atoms with van der Waals surface area (Å²) in [6.45, 7) is 21.1. The van der Waals surface area contributed by atoms with Crippen LogP contribution in [0.15, 0.2) is 0 Å². The second kappa shape index (κ2) is 9.62. The van der Waals surface area contributed by atoms with Crippen molar-refractivity contribution in [2.45, 2.75) is 109 Å². The quantitative estimate of drug-likeness (QED) is 0.236. The van der Waals surface area contributed by atoms with Gasteiger partial charge in [0.15, 0.2) is 22.2 Å². The minimum absolute atomic E-state index is 0.0468. The molecule has 0 spiro atoms. The van der Waals surface area contributed by atoms with Gasteiger partial charge in [-0.3, -0.25) is 0 Å². The molecule has 0 bridgehead atoms. The largest absolute Gasteiger partial charge is 0.509 e. The van der Waals surface area contributed by atoms with Gasteiger partial charge in [-0.1, -0.05) is 48.5 Å². The molecule has 0 radical (unpaired) electrons. The van der Waals surface area contributed by atoms with Crippen molar-refractivity contribution < 1.29 is 27.9 Å². The standard InChI is InChI=1S/C21H42O6Si2/c1-11-29(12-2,13-3)26-17(16(4)14-22)18(21(8)15-24-19(23)25-21)27-28(9,10)20(5,6)7/h14,16-18H,11-13,15H2,1-10H3/t16-,17-,18+,21+/m1/s1. The van der Waals surface area contributed by atoms with Crippen LogP contribution in [0.1, 0.15) is 55.4 Å². The molecule has 0 unspecified atom stereocenters. The van der Waals surface area contributed by atoms with Gasteiger partial charge in [0.2, 0.25) is 0 Å². The third kappa shape index (κ3) is 5.92. The molecule has 0 aromatic heterocycles. The Morgan fingerprint density at radius 3 is 2.00 bits per heavy atom. The number of carbonyl (C=O) groups excluding carboxylic acids is 2. The Balaban J connectivity index is 3.47. The van der Waals surface area contributed by atoms with E-state index in [0.717, 1.165) is 24.4 Å². The van der Waals surface area contributed by atoms with Gasteiger partial charge in [0, 0.05) is 5.92 Å². The predicted octanol–water partition coefficient (Wildman–Crippen LogP) is 5.53. The van der Waals surface area contributed by atoms with Gasteiger partial charge < -0.3 is 23.1 Å². The van der Waals surface area contributed by atoms with Crippen molar-refractivity contribution in [2.75, 3.05) is 6.61 Å². The fourth-order valence-electron chi connectivity index (χ4n) is 3.44. The summed E-state index contributed by atoms with van der Waals surface area (Å²) in [5.41, 5.74) is -0.996. The molecule has 29 heavy (non-hydrogen) atoms. The summed E-state index contributed by atoms with van der Waals surface area (Å²) < 4.78 is 24.4. The Labute approximate surface area is 179 Å². The first kappa shape index (κ1) is 26.3. The van der Waals surface area contributed by atoms with Crippen molar-refractivity contribution in [3.8, 4) is 0 Å². The van der Waals surface area contributed by atoms with Crippen molar-refractivity contribution in [2.24, 2.45) is 5.92 Å². The van der Waals surface area contributed by atoms with E-state index in [4.69, 9.17) is 18.3 Å². The van der Waals surface area contributed by atoms with Crippen LogP contribution in [0.3, 0.4) is 0 Å². The summed E-state index contributed by atoms with van der Waals surface area (Å²) in [6, 6.07) is 2.88. The molecule has 1 fully saturated rings. The molecule has 1 saturated heterocycles. The van der Waals surface area contributed by atoms with Crippen LogP contribution in [0.4, 0.5) is 4.79 Å². The molecule has 8 heteroatoms. The van der Waals surface area contributed by atoms with Crippen molar-refractivity contribution in [1.29, 1.82) is 0 Å². The van der Waals surface area contributed by atoms with E-state index in [2.05, 4.69) is 54.6 Å². The lowest BCUT2D eigenvalue weighted by molar-refractivity contribution is -0.125. The Morgan fingerprint density at radius 1 is 1.14 bits per heavy atom. The van der Waals surface area contributed by atoms with E-state index < -0.39 is 46.5 Å². The molecule has 0 saturated carbocycles. The monoisotopic (exact) mass is 446 g/mol. The minimum atomic E-state index is -2.26. The van der Waals surface area contributed by atoms with E-state index >= 15 is 0 Å². The Kier molecular flexibility index (Phi) is 8.73. The smallest absolute Gasteiger partial charge is 0.430 e. The molecular weight excluding hydrogens is 404 g/mol. The van der Waals surface area contributed by atoms with E-state index in [-0.39, 0.29) is 11.6 Å². The lowest BCUT2D eigenvalue weighted by Crippen LogP contribution is -2.61. The Hall–Kier alpha value is -0.706. The van der Waals surface area contributed by atoms with Gasteiger partial charge in [-0.05, 0) is 43.2 Å². The first-order valence-corrected chi connectivity index (χ1v) is 16.3. The predicted molar refractivity (Wildman–Crippen MR) is 120 cm³/mol. The molecular formula is C21H42O6Si2. The number of aldehydes is 1. The first-order chi connectivity index (χ1) is 13.2. The number of rotatable bonds is 11. The summed E-state index contributed by atoms with van der Waals surface area (Å²) in [5, 5.41) is -0.0468. The molecule has 0 aromatic carbocycles. The van der Waals surface area contributed by atoms with Crippen LogP contribution >= 0.6 is 0 Å². The van der Waals surface area contributed by atoms with Crippen molar-refractivity contribution in [1.82, 2.24) is 0 Å². The highest BCUT2D eigenvalue weighted by molar-refractivity contribution is 6.74. The summed E-state index contributed by atoms with van der Waals surface area (Å²) >= 11 is 0. The fraction of sp³-hybridized carbons (Fsp3) is 0.905. The first-order valence-electron chi connectivity index (χ1n) is 10.9. The van der Waals surface area contributed by atoms with Gasteiger partial charge >= 0.3 is 6.16 Å². The molecule has 0 amide bonds. The zero-order valence-corrected chi connectivity index (χ0v) is 22.1. The zero-order valence-electron chi connectivity index (χ0n) is 20.1. The van der Waals surface area contributed by atoms with Gasteiger partial charge in [0.25, 0.3) is 0 Å². The molecule has 1 aliphatic rings. The highest BCUT2D eigenvalue weighted by Crippen LogP contribution is 2.42. The maximum atomic E-state index is 11.9. The number of carbonyl (C=O) groups is 2. The van der Waals surface area contributed by atoms with Crippen LogP contribution in [0.5, 0.6) is 0 Å². The number of hydrogen-bond donors (Lipinski definition) is 0. The van der Waals surface area contributed by atoms with Crippen molar-refractivity contribution >= 4 is 29.1 Å². The van der Waals surface area contributed by atoms with Crippen LogP contribution in [0.2, 0.25) is 36.3 Å². The molecule has 0 aliphatic carbocycles. The maximum Gasteiger partial charge on any atom is 0.509 e. The second-order valence-electron chi connectivity index (χ2n) is 10.1. The van der Waals surface area contributed by atoms with Gasteiger partial charge in [0.05, 0.1) is 6.10 Å². The number of cyclic esters (lactones) is 2. The summed E-state index contributed by atoms with van der Waals surface area (Å²) in [5.74, 6) is -0.391. The normalized spacial score (nSPS) is 23.9. The Bertz CT molecular complexity index is 562. The topological polar surface area (TPSA) is 71.1 Å². The van der Waals surface area contributed by atoms with E-state index in [1.807, 2.05) is 13.8 Å². The number of hydrogen-bond acceptors (Lipinski definition) is 6. The van der Waals surface area contributed by atoms with E-state index in [1.54, 1.807) is 0 Å². The molecule has 0 N–H and O–H groups in total. The van der Waals surface area contributed by atoms with Crippen molar-refractivity contribution in [3.05, 3.63) is 0 Å². The van der Waals surface area contributed by atoms with Gasteiger partial charge in [-0.2, -0.15) is 0 Å². The molecule has 170 valence electrons. The molecule has 6 nitrogen and oxygen atoms in total. The summed E-state index contributed by atoms with van der Waals surface area (Å²) in [4.78, 5) is 23.8. The molecule has 4 atom stereocenters. The Morgan fingerprint density at radius 2 is 1.66 bits per heavy atom. The molecule has 1 rings (SSSR count). The van der Waals surface area contributed by atoms with E-state index in [9.17, 15) is 9.59 Å². The van der Waals surface area contributed by atoms with Crippen LogP contribution in [0, 0.1) is 5.92 Å². The van der Waals surface area contributed by atoms with E-state index in [0.29, 0.717) is 0 Å². The minimum Gasteiger partial charge on any atom is -0.430 e. The van der Waals surface area contributed by atoms with Crippen LogP contribution in [-0.2, 0) is 23.1 Å². The second-order valence-corrected chi connectivity index (χ2v) is 19.6. The van der Waals surface area contributed by atoms with Gasteiger partial charge in [-0.15, -0.1) is 0 Å². The average molecular weight is 447 g/mol. The summed E-state index contributed by atoms with van der Waals surface area (Å²) in [7, 11) is -4.31. The van der Waals surface area contributed by atoms with Gasteiger partial charge in [0.1, 0.15) is 19.0 Å². The van der Waals surface area contributed by atoms with Gasteiger partial charge in [-0.25, -0.2) is 4.79 Å². The zero-order chi connectivity index (χ0) is 22.7. The van der Waals surface area contributed by atoms with Crippen LogP contribution in [-0.4, -0.2) is 53.5 Å². The fourth-order valence-corrected chi connectivity index (χ4v) is 7.72. The van der Waals surface area contributed by atoms with Crippen LogP contribution < -0.4 is 0 Å². The highest BCUT2D eigenvalue weighted by Gasteiger charge is 2.55.